The Morgan fingerprint density at radius 1 is 0.453 bits per heavy atom. The van der Waals surface area contributed by atoms with Crippen molar-refractivity contribution < 1.29 is 24.0 Å². The Labute approximate surface area is 398 Å². The predicted octanol–water partition coefficient (Wildman–Crippen LogP) is 13.9. The number of ether oxygens (including phenoxy) is 1. The average molecular weight is 911 g/mol. The number of allylic oxidation sites excluding steroid dienone is 3. The van der Waals surface area contributed by atoms with Crippen molar-refractivity contribution in [1.29, 1.82) is 0 Å². The third kappa shape index (κ3) is 63.7. The molecule has 0 aromatic heterocycles. The van der Waals surface area contributed by atoms with Crippen LogP contribution in [0.3, 0.4) is 0 Å². The molecule has 0 radical (unpaired) electrons. The largest absolute Gasteiger partial charge is 0.384 e. The molecule has 0 bridgehead atoms. The molecule has 0 aromatic carbocycles. The lowest BCUT2D eigenvalue weighted by atomic mass is 9.90. The Morgan fingerprint density at radius 3 is 1.08 bits per heavy atom. The maximum absolute atomic E-state index is 11.4. The van der Waals surface area contributed by atoms with Gasteiger partial charge in [-0.3, -0.25) is 24.7 Å². The fraction of sp³-hybridized carbons (Fsp3) is 0.852. The molecule has 10 heteroatoms. The van der Waals surface area contributed by atoms with Crippen molar-refractivity contribution in [2.24, 2.45) is 27.1 Å². The van der Waals surface area contributed by atoms with Crippen molar-refractivity contribution >= 4 is 11.8 Å². The van der Waals surface area contributed by atoms with Crippen LogP contribution in [0.2, 0.25) is 0 Å². The van der Waals surface area contributed by atoms with E-state index >= 15 is 0 Å². The van der Waals surface area contributed by atoms with E-state index in [1.807, 2.05) is 62.3 Å². The van der Waals surface area contributed by atoms with Crippen molar-refractivity contribution in [1.82, 2.24) is 26.9 Å². The first-order chi connectivity index (χ1) is 27.9. The van der Waals surface area contributed by atoms with Crippen LogP contribution in [0.4, 0.5) is 0 Å². The Morgan fingerprint density at radius 2 is 0.781 bits per heavy atom. The van der Waals surface area contributed by atoms with Crippen LogP contribution in [-0.2, 0) is 24.0 Å². The summed E-state index contributed by atoms with van der Waals surface area (Å²) in [5, 5.41) is 9.69. The van der Waals surface area contributed by atoms with E-state index in [9.17, 15) is 9.59 Å². The van der Waals surface area contributed by atoms with Crippen LogP contribution < -0.4 is 26.9 Å². The summed E-state index contributed by atoms with van der Waals surface area (Å²) in [6.07, 6.45) is 5.93. The molecule has 1 aliphatic rings. The number of amides is 2. The van der Waals surface area contributed by atoms with Crippen LogP contribution in [-0.4, -0.2) is 53.3 Å². The van der Waals surface area contributed by atoms with Crippen molar-refractivity contribution in [2.75, 3.05) is 13.2 Å². The highest BCUT2D eigenvalue weighted by Crippen LogP contribution is 2.25. The number of hydrogen-bond donors (Lipinski definition) is 5. The van der Waals surface area contributed by atoms with Crippen LogP contribution in [0.25, 0.3) is 0 Å². The maximum atomic E-state index is 11.4. The molecule has 0 spiro atoms. The molecule has 2 amide bonds. The van der Waals surface area contributed by atoms with E-state index in [0.29, 0.717) is 29.7 Å². The van der Waals surface area contributed by atoms with Gasteiger partial charge in [0.15, 0.2) is 0 Å². The topological polar surface area (TPSA) is 122 Å². The Kier molecular flexibility index (Phi) is 30.4. The lowest BCUT2D eigenvalue weighted by Gasteiger charge is -2.30. The van der Waals surface area contributed by atoms with Gasteiger partial charge in [0.2, 0.25) is 11.8 Å². The highest BCUT2D eigenvalue weighted by molar-refractivity contribution is 5.76. The second-order valence-corrected chi connectivity index (χ2v) is 27.8. The third-order valence-electron chi connectivity index (χ3n) is 7.52. The quantitative estimate of drug-likeness (QED) is 0.116. The van der Waals surface area contributed by atoms with Gasteiger partial charge in [0.25, 0.3) is 0 Å². The lowest BCUT2D eigenvalue weighted by molar-refractivity contribution is -0.146. The molecule has 0 atom stereocenters. The summed E-state index contributed by atoms with van der Waals surface area (Å²) in [4.78, 5) is 33.2. The summed E-state index contributed by atoms with van der Waals surface area (Å²) in [7, 11) is 0. The standard InChI is InChI=1S/C11H23NO2.2C11H23NO.C11H23N.C10H19NO/c1-10(2,3)8-7-9(13)12-14-11(4,5)6;1-9(8-10(2,3)4)12-13-11(5,6)7;1-10(2,3)8-7-9(13)12-11(4,5)6;1-9(8-10(2,3)4)12-11(5,6)7;1-8(5-10(2,3)4)11-9-6-12-7-9/h7-8H2,1-6H3,(H,12,13);12H,1,8H2,2-7H3;7-8H2,1-6H3,(H,12,13);12H,1,8H2,2-7H3;9,11H,1,5-7H2,2-4H3. The van der Waals surface area contributed by atoms with E-state index in [1.165, 1.54) is 0 Å². The second kappa shape index (κ2) is 28.6. The van der Waals surface area contributed by atoms with E-state index < -0.39 is 0 Å². The molecule has 10 nitrogen and oxygen atoms in total. The fourth-order valence-electron chi connectivity index (χ4n) is 5.13. The Bertz CT molecular complexity index is 1250. The smallest absolute Gasteiger partial charge is 0.243 e. The summed E-state index contributed by atoms with van der Waals surface area (Å²) in [5.74, 6) is 0.109. The Hall–Kier alpha value is -2.56. The van der Waals surface area contributed by atoms with Gasteiger partial charge in [-0.25, -0.2) is 5.48 Å². The summed E-state index contributed by atoms with van der Waals surface area (Å²) in [5.41, 5.74) is 9.44. The van der Waals surface area contributed by atoms with Crippen LogP contribution >= 0.6 is 0 Å². The van der Waals surface area contributed by atoms with E-state index in [4.69, 9.17) is 14.4 Å². The first-order valence-corrected chi connectivity index (χ1v) is 23.8. The molecular weight excluding hydrogens is 799 g/mol. The minimum Gasteiger partial charge on any atom is -0.384 e. The minimum atomic E-state index is -0.322. The van der Waals surface area contributed by atoms with E-state index in [0.717, 1.165) is 62.4 Å². The van der Waals surface area contributed by atoms with Crippen LogP contribution in [0, 0.1) is 27.1 Å². The lowest BCUT2D eigenvalue weighted by Crippen LogP contribution is -2.45. The van der Waals surface area contributed by atoms with Crippen molar-refractivity contribution in [3.63, 3.8) is 0 Å². The summed E-state index contributed by atoms with van der Waals surface area (Å²) in [6.45, 7) is 70.4. The molecule has 1 saturated heterocycles. The van der Waals surface area contributed by atoms with Gasteiger partial charge in [-0.1, -0.05) is 124 Å². The number of hydroxylamine groups is 2. The van der Waals surface area contributed by atoms with Gasteiger partial charge in [0.1, 0.15) is 0 Å². The van der Waals surface area contributed by atoms with Gasteiger partial charge in [-0.2, -0.15) is 0 Å². The first-order valence-electron chi connectivity index (χ1n) is 23.8. The molecule has 0 unspecified atom stereocenters. The molecule has 1 aliphatic heterocycles. The normalized spacial score (nSPS) is 13.9. The number of rotatable bonds is 13. The molecule has 5 N–H and O–H groups in total. The van der Waals surface area contributed by atoms with Crippen molar-refractivity contribution in [3.8, 4) is 0 Å². The maximum Gasteiger partial charge on any atom is 0.243 e. The first kappa shape index (κ1) is 68.0. The second-order valence-electron chi connectivity index (χ2n) is 27.8. The minimum absolute atomic E-state index is 0.0464. The van der Waals surface area contributed by atoms with Gasteiger partial charge in [-0.15, -0.1) is 0 Å². The van der Waals surface area contributed by atoms with Crippen molar-refractivity contribution in [3.05, 3.63) is 36.8 Å². The van der Waals surface area contributed by atoms with E-state index in [2.05, 4.69) is 171 Å². The van der Waals surface area contributed by atoms with Gasteiger partial charge in [0.05, 0.1) is 30.5 Å². The highest BCUT2D eigenvalue weighted by atomic mass is 16.7. The molecule has 1 rings (SSSR count). The van der Waals surface area contributed by atoms with Gasteiger partial charge in [0, 0.05) is 41.0 Å². The van der Waals surface area contributed by atoms with Gasteiger partial charge in [-0.05, 0) is 142 Å². The van der Waals surface area contributed by atoms with Crippen LogP contribution in [0.15, 0.2) is 36.8 Å². The molecule has 0 aromatic rings. The average Bonchev–Trinajstić information content (AvgIpc) is 2.94. The highest BCUT2D eigenvalue weighted by Gasteiger charge is 2.21. The zero-order valence-corrected chi connectivity index (χ0v) is 47.6. The van der Waals surface area contributed by atoms with Crippen molar-refractivity contribution in [2.45, 2.75) is 260 Å². The zero-order valence-electron chi connectivity index (χ0n) is 47.6. The summed E-state index contributed by atoms with van der Waals surface area (Å²) in [6, 6.07) is 0.514. The van der Waals surface area contributed by atoms with Gasteiger partial charge >= 0.3 is 0 Å². The SMILES string of the molecule is C=C(CC(C)(C)C)NC(C)(C)C.C=C(CC(C)(C)C)NC1COC1.C=C(CC(C)(C)C)NOC(C)(C)C.CC(C)(C)CCC(=O)NC(C)(C)C.CC(C)(C)CCC(=O)NOC(C)(C)C. The molecule has 0 aliphatic carbocycles. The number of hydrogen-bond acceptors (Lipinski definition) is 8. The number of carbonyl (C=O) groups excluding carboxylic acids is 2. The monoisotopic (exact) mass is 910 g/mol. The van der Waals surface area contributed by atoms with Crippen LogP contribution in [0.1, 0.15) is 232 Å². The van der Waals surface area contributed by atoms with E-state index in [1.54, 1.807) is 0 Å². The molecule has 1 heterocycles. The predicted molar refractivity (Wildman–Crippen MR) is 278 cm³/mol. The molecular formula is C54H111N5O5. The van der Waals surface area contributed by atoms with Gasteiger partial charge < -0.3 is 20.7 Å². The molecule has 382 valence electrons. The zero-order chi connectivity index (χ0) is 52.0. The molecule has 64 heavy (non-hydrogen) atoms. The summed E-state index contributed by atoms with van der Waals surface area (Å²) < 4.78 is 5.06. The number of nitrogens with one attached hydrogen (secondary N) is 5. The molecule has 0 saturated carbocycles. The molecule has 1 fully saturated rings. The Balaban J connectivity index is -0.000000352. The number of carbonyl (C=O) groups is 2. The van der Waals surface area contributed by atoms with E-state index in [-0.39, 0.29) is 50.3 Å². The van der Waals surface area contributed by atoms with Crippen LogP contribution in [0.5, 0.6) is 0 Å². The summed E-state index contributed by atoms with van der Waals surface area (Å²) >= 11 is 0. The third-order valence-corrected chi connectivity index (χ3v) is 7.52. The fourth-order valence-corrected chi connectivity index (χ4v) is 5.13.